The fourth-order valence-electron chi connectivity index (χ4n) is 2.72. The molecular formula is C16H22N6O. The molecule has 3 rings (SSSR count). The molecule has 1 aliphatic rings. The fraction of sp³-hybridized carbons (Fsp3) is 0.438. The van der Waals surface area contributed by atoms with Crippen molar-refractivity contribution in [2.75, 3.05) is 32.7 Å². The lowest BCUT2D eigenvalue weighted by Gasteiger charge is -2.33. The SMILES string of the molecule is CCN1CCN(C(=O)NCc2nncn2-c2ccccc2)CC1. The minimum atomic E-state index is -0.0386. The maximum Gasteiger partial charge on any atom is 0.317 e. The molecule has 2 heterocycles. The predicted molar refractivity (Wildman–Crippen MR) is 87.3 cm³/mol. The van der Waals surface area contributed by atoms with Gasteiger partial charge >= 0.3 is 6.03 Å². The standard InChI is InChI=1S/C16H22N6O/c1-2-20-8-10-21(11-9-20)16(23)17-12-15-19-18-13-22(15)14-6-4-3-5-7-14/h3-7,13H,2,8-12H2,1H3,(H,17,23). The quantitative estimate of drug-likeness (QED) is 0.918. The summed E-state index contributed by atoms with van der Waals surface area (Å²) in [6, 6.07) is 9.82. The zero-order chi connectivity index (χ0) is 16.1. The molecule has 2 aromatic rings. The molecule has 7 heteroatoms. The smallest absolute Gasteiger partial charge is 0.317 e. The first kappa shape index (κ1) is 15.5. The third-order valence-electron chi connectivity index (χ3n) is 4.16. The molecule has 1 aromatic carbocycles. The minimum absolute atomic E-state index is 0.0386. The van der Waals surface area contributed by atoms with Crippen molar-refractivity contribution in [3.05, 3.63) is 42.5 Å². The fourth-order valence-corrected chi connectivity index (χ4v) is 2.72. The highest BCUT2D eigenvalue weighted by atomic mass is 16.2. The Balaban J connectivity index is 1.57. The van der Waals surface area contributed by atoms with E-state index in [9.17, 15) is 4.79 Å². The number of carbonyl (C=O) groups excluding carboxylic acids is 1. The van der Waals surface area contributed by atoms with E-state index in [1.165, 1.54) is 0 Å². The Morgan fingerprint density at radius 2 is 1.91 bits per heavy atom. The maximum absolute atomic E-state index is 12.3. The minimum Gasteiger partial charge on any atom is -0.331 e. The lowest BCUT2D eigenvalue weighted by atomic mass is 10.3. The number of benzene rings is 1. The normalized spacial score (nSPS) is 15.6. The van der Waals surface area contributed by atoms with E-state index in [0.29, 0.717) is 6.54 Å². The zero-order valence-electron chi connectivity index (χ0n) is 13.4. The first-order chi connectivity index (χ1) is 11.3. The van der Waals surface area contributed by atoms with E-state index >= 15 is 0 Å². The third-order valence-corrected chi connectivity index (χ3v) is 4.16. The van der Waals surface area contributed by atoms with E-state index in [1.54, 1.807) is 6.33 Å². The number of urea groups is 1. The lowest BCUT2D eigenvalue weighted by Crippen LogP contribution is -2.51. The topological polar surface area (TPSA) is 66.3 Å². The monoisotopic (exact) mass is 314 g/mol. The molecule has 7 nitrogen and oxygen atoms in total. The number of amides is 2. The summed E-state index contributed by atoms with van der Waals surface area (Å²) in [5, 5.41) is 11.0. The second-order valence-corrected chi connectivity index (χ2v) is 5.53. The average molecular weight is 314 g/mol. The Morgan fingerprint density at radius 1 is 1.17 bits per heavy atom. The van der Waals surface area contributed by atoms with Gasteiger partial charge in [0, 0.05) is 31.9 Å². The second-order valence-electron chi connectivity index (χ2n) is 5.53. The van der Waals surface area contributed by atoms with Crippen LogP contribution in [-0.2, 0) is 6.54 Å². The first-order valence-electron chi connectivity index (χ1n) is 7.97. The second kappa shape index (κ2) is 7.23. The van der Waals surface area contributed by atoms with Crippen molar-refractivity contribution < 1.29 is 4.79 Å². The highest BCUT2D eigenvalue weighted by Crippen LogP contribution is 2.09. The summed E-state index contributed by atoms with van der Waals surface area (Å²) in [5.41, 5.74) is 0.985. The molecule has 1 aliphatic heterocycles. The number of nitrogens with one attached hydrogen (secondary N) is 1. The summed E-state index contributed by atoms with van der Waals surface area (Å²) in [6.07, 6.45) is 1.66. The van der Waals surface area contributed by atoms with Crippen molar-refractivity contribution in [2.24, 2.45) is 0 Å². The molecule has 1 saturated heterocycles. The van der Waals surface area contributed by atoms with E-state index in [-0.39, 0.29) is 6.03 Å². The number of hydrogen-bond donors (Lipinski definition) is 1. The number of rotatable bonds is 4. The number of hydrogen-bond acceptors (Lipinski definition) is 4. The molecule has 0 radical (unpaired) electrons. The van der Waals surface area contributed by atoms with Crippen LogP contribution >= 0.6 is 0 Å². The largest absolute Gasteiger partial charge is 0.331 e. The molecule has 23 heavy (non-hydrogen) atoms. The highest BCUT2D eigenvalue weighted by molar-refractivity contribution is 5.74. The van der Waals surface area contributed by atoms with Crippen LogP contribution in [0.5, 0.6) is 0 Å². The van der Waals surface area contributed by atoms with Crippen LogP contribution in [-0.4, -0.2) is 63.3 Å². The summed E-state index contributed by atoms with van der Waals surface area (Å²) in [4.78, 5) is 16.5. The molecule has 1 aromatic heterocycles. The summed E-state index contributed by atoms with van der Waals surface area (Å²) >= 11 is 0. The van der Waals surface area contributed by atoms with Crippen LogP contribution < -0.4 is 5.32 Å². The van der Waals surface area contributed by atoms with Gasteiger partial charge in [0.15, 0.2) is 5.82 Å². The van der Waals surface area contributed by atoms with Gasteiger partial charge in [-0.05, 0) is 18.7 Å². The Kier molecular flexibility index (Phi) is 4.87. The predicted octanol–water partition coefficient (Wildman–Crippen LogP) is 1.11. The van der Waals surface area contributed by atoms with Crippen LogP contribution in [0.15, 0.2) is 36.7 Å². The molecular weight excluding hydrogens is 292 g/mol. The number of carbonyl (C=O) groups is 1. The van der Waals surface area contributed by atoms with Crippen molar-refractivity contribution in [1.29, 1.82) is 0 Å². The van der Waals surface area contributed by atoms with Gasteiger partial charge in [-0.25, -0.2) is 4.79 Å². The number of para-hydroxylation sites is 1. The van der Waals surface area contributed by atoms with Crippen LogP contribution in [0.1, 0.15) is 12.7 Å². The molecule has 0 bridgehead atoms. The number of piperazine rings is 1. The van der Waals surface area contributed by atoms with Gasteiger partial charge in [0.25, 0.3) is 0 Å². The molecule has 2 amide bonds. The van der Waals surface area contributed by atoms with Crippen molar-refractivity contribution >= 4 is 6.03 Å². The lowest BCUT2D eigenvalue weighted by molar-refractivity contribution is 0.142. The van der Waals surface area contributed by atoms with Crippen LogP contribution in [0.4, 0.5) is 4.79 Å². The highest BCUT2D eigenvalue weighted by Gasteiger charge is 2.20. The molecule has 0 aliphatic carbocycles. The molecule has 1 fully saturated rings. The Labute approximate surface area is 135 Å². The summed E-state index contributed by atoms with van der Waals surface area (Å²) in [7, 11) is 0. The van der Waals surface area contributed by atoms with Crippen molar-refractivity contribution in [3.8, 4) is 5.69 Å². The number of likely N-dealkylation sites (N-methyl/N-ethyl adjacent to an activating group) is 1. The van der Waals surface area contributed by atoms with Gasteiger partial charge in [-0.15, -0.1) is 10.2 Å². The first-order valence-corrected chi connectivity index (χ1v) is 7.97. The average Bonchev–Trinajstić information content (AvgIpc) is 3.09. The van der Waals surface area contributed by atoms with Crippen LogP contribution in [0.25, 0.3) is 5.69 Å². The van der Waals surface area contributed by atoms with E-state index in [0.717, 1.165) is 44.2 Å². The van der Waals surface area contributed by atoms with Gasteiger partial charge in [0.2, 0.25) is 0 Å². The van der Waals surface area contributed by atoms with E-state index in [2.05, 4.69) is 27.3 Å². The molecule has 0 saturated carbocycles. The molecule has 0 spiro atoms. The van der Waals surface area contributed by atoms with Crippen molar-refractivity contribution in [3.63, 3.8) is 0 Å². The van der Waals surface area contributed by atoms with Crippen LogP contribution in [0, 0.1) is 0 Å². The van der Waals surface area contributed by atoms with Gasteiger partial charge in [-0.3, -0.25) is 4.57 Å². The van der Waals surface area contributed by atoms with Crippen LogP contribution in [0.2, 0.25) is 0 Å². The Bertz CT molecular complexity index is 633. The molecule has 122 valence electrons. The Hall–Kier alpha value is -2.41. The van der Waals surface area contributed by atoms with Crippen molar-refractivity contribution in [2.45, 2.75) is 13.5 Å². The number of aromatic nitrogens is 3. The maximum atomic E-state index is 12.3. The summed E-state index contributed by atoms with van der Waals surface area (Å²) < 4.78 is 1.88. The van der Waals surface area contributed by atoms with E-state index in [4.69, 9.17) is 0 Å². The Morgan fingerprint density at radius 3 is 2.61 bits per heavy atom. The van der Waals surface area contributed by atoms with Gasteiger partial charge < -0.3 is 15.1 Å². The van der Waals surface area contributed by atoms with Gasteiger partial charge in [-0.1, -0.05) is 25.1 Å². The zero-order valence-corrected chi connectivity index (χ0v) is 13.4. The van der Waals surface area contributed by atoms with Crippen LogP contribution in [0.3, 0.4) is 0 Å². The van der Waals surface area contributed by atoms with Gasteiger partial charge in [0.05, 0.1) is 6.54 Å². The number of nitrogens with zero attached hydrogens (tertiary/aromatic N) is 5. The van der Waals surface area contributed by atoms with Crippen molar-refractivity contribution in [1.82, 2.24) is 29.9 Å². The summed E-state index contributed by atoms with van der Waals surface area (Å²) in [5.74, 6) is 0.719. The molecule has 0 unspecified atom stereocenters. The van der Waals surface area contributed by atoms with E-state index in [1.807, 2.05) is 39.8 Å². The van der Waals surface area contributed by atoms with Gasteiger partial charge in [-0.2, -0.15) is 0 Å². The van der Waals surface area contributed by atoms with E-state index < -0.39 is 0 Å². The van der Waals surface area contributed by atoms with Gasteiger partial charge in [0.1, 0.15) is 6.33 Å². The summed E-state index contributed by atoms with van der Waals surface area (Å²) in [6.45, 7) is 6.95. The third kappa shape index (κ3) is 3.68. The molecule has 0 atom stereocenters. The molecule has 1 N–H and O–H groups in total.